The number of hydrogen-bond donors (Lipinski definition) is 0. The van der Waals surface area contributed by atoms with Crippen LogP contribution in [0.3, 0.4) is 0 Å². The zero-order valence-corrected chi connectivity index (χ0v) is 26.7. The number of hydrogen-bond acceptors (Lipinski definition) is 5. The molecule has 0 radical (unpaired) electrons. The fourth-order valence-electron chi connectivity index (χ4n) is 6.90. The van der Waals surface area contributed by atoms with Gasteiger partial charge >= 0.3 is 0 Å². The van der Waals surface area contributed by atoms with Crippen molar-refractivity contribution in [3.05, 3.63) is 164 Å². The second kappa shape index (κ2) is 11.4. The summed E-state index contributed by atoms with van der Waals surface area (Å²) < 4.78 is 13.1. The third-order valence-electron chi connectivity index (χ3n) is 9.37. The van der Waals surface area contributed by atoms with E-state index in [-0.39, 0.29) is 0 Å². The molecule has 7 aromatic carbocycles. The molecule has 0 aliphatic rings. The molecule has 0 amide bonds. The topological polar surface area (TPSA) is 65.0 Å². The van der Waals surface area contributed by atoms with E-state index in [1.807, 2.05) is 78.9 Å². The highest BCUT2D eigenvalue weighted by Crippen LogP contribution is 2.40. The standard InChI is InChI=1S/C45H27N3O2/c1-3-11-28(12-4-1)29-21-23-31(24-22-29)44-46-43(30-13-5-2-6-14-30)47-45(48-44)38-19-10-18-37-35-26-25-32(27-40(35)50-42(37)38)33-16-9-17-36-34-15-7-8-20-39(34)49-41(33)36/h1-27H. The lowest BCUT2D eigenvalue weighted by atomic mass is 10.0. The molecule has 0 unspecified atom stereocenters. The number of fused-ring (bicyclic) bond motifs is 6. The lowest BCUT2D eigenvalue weighted by Crippen LogP contribution is -2.00. The van der Waals surface area contributed by atoms with Gasteiger partial charge in [-0.05, 0) is 41.0 Å². The molecule has 234 valence electrons. The van der Waals surface area contributed by atoms with Crippen LogP contribution in [0, 0.1) is 0 Å². The van der Waals surface area contributed by atoms with Gasteiger partial charge in [0.05, 0.1) is 5.56 Å². The Bertz CT molecular complexity index is 2850. The first kappa shape index (κ1) is 28.2. The van der Waals surface area contributed by atoms with Crippen LogP contribution in [0.25, 0.3) is 100 Å². The first-order chi connectivity index (χ1) is 24.8. The SMILES string of the molecule is c1ccc(-c2ccc(-c3nc(-c4ccccc4)nc(-c4cccc5c4oc4cc(-c6cccc7c6oc6ccccc67)ccc45)n3)cc2)cc1. The molecular weight excluding hydrogens is 615 g/mol. The summed E-state index contributed by atoms with van der Waals surface area (Å²) in [5.41, 5.74) is 10.2. The van der Waals surface area contributed by atoms with Crippen molar-refractivity contribution in [2.75, 3.05) is 0 Å². The van der Waals surface area contributed by atoms with E-state index >= 15 is 0 Å². The van der Waals surface area contributed by atoms with Crippen LogP contribution in [0.1, 0.15) is 0 Å². The lowest BCUT2D eigenvalue weighted by molar-refractivity contribution is 0.668. The Morgan fingerprint density at radius 1 is 0.300 bits per heavy atom. The number of para-hydroxylation sites is 3. The minimum absolute atomic E-state index is 0.554. The molecule has 10 aromatic rings. The Morgan fingerprint density at radius 2 is 0.780 bits per heavy atom. The maximum atomic E-state index is 6.70. The van der Waals surface area contributed by atoms with Gasteiger partial charge in [-0.1, -0.05) is 140 Å². The largest absolute Gasteiger partial charge is 0.455 e. The van der Waals surface area contributed by atoms with Crippen LogP contribution < -0.4 is 0 Å². The van der Waals surface area contributed by atoms with Crippen LogP contribution >= 0.6 is 0 Å². The van der Waals surface area contributed by atoms with Gasteiger partial charge in [0.15, 0.2) is 17.5 Å². The molecule has 0 N–H and O–H groups in total. The molecule has 3 aromatic heterocycles. The van der Waals surface area contributed by atoms with E-state index in [9.17, 15) is 0 Å². The van der Waals surface area contributed by atoms with E-state index in [1.165, 1.54) is 0 Å². The van der Waals surface area contributed by atoms with E-state index in [0.717, 1.165) is 82.8 Å². The van der Waals surface area contributed by atoms with E-state index in [2.05, 4.69) is 84.9 Å². The molecule has 5 nitrogen and oxygen atoms in total. The molecule has 0 aliphatic carbocycles. The number of nitrogens with zero attached hydrogens (tertiary/aromatic N) is 3. The second-order valence-electron chi connectivity index (χ2n) is 12.4. The van der Waals surface area contributed by atoms with Crippen LogP contribution in [0.2, 0.25) is 0 Å². The molecule has 0 bridgehead atoms. The van der Waals surface area contributed by atoms with Crippen molar-refractivity contribution in [2.45, 2.75) is 0 Å². The van der Waals surface area contributed by atoms with Gasteiger partial charge in [0.2, 0.25) is 0 Å². The van der Waals surface area contributed by atoms with Gasteiger partial charge in [-0.3, -0.25) is 0 Å². The molecule has 50 heavy (non-hydrogen) atoms. The smallest absolute Gasteiger partial charge is 0.167 e. The van der Waals surface area contributed by atoms with Crippen LogP contribution in [-0.4, -0.2) is 15.0 Å². The van der Waals surface area contributed by atoms with Crippen LogP contribution in [0.15, 0.2) is 173 Å². The number of aromatic nitrogens is 3. The average molecular weight is 642 g/mol. The molecule has 0 aliphatic heterocycles. The fourth-order valence-corrected chi connectivity index (χ4v) is 6.90. The molecule has 5 heteroatoms. The minimum atomic E-state index is 0.554. The van der Waals surface area contributed by atoms with Gasteiger partial charge in [0, 0.05) is 38.2 Å². The lowest BCUT2D eigenvalue weighted by Gasteiger charge is -2.09. The Balaban J connectivity index is 1.12. The Hall–Kier alpha value is -6.85. The first-order valence-electron chi connectivity index (χ1n) is 16.6. The van der Waals surface area contributed by atoms with Crippen molar-refractivity contribution in [1.82, 2.24) is 15.0 Å². The maximum absolute atomic E-state index is 6.70. The monoisotopic (exact) mass is 641 g/mol. The van der Waals surface area contributed by atoms with Gasteiger partial charge in [-0.2, -0.15) is 0 Å². The quantitative estimate of drug-likeness (QED) is 0.187. The first-order valence-corrected chi connectivity index (χ1v) is 16.6. The van der Waals surface area contributed by atoms with Gasteiger partial charge in [-0.15, -0.1) is 0 Å². The third kappa shape index (κ3) is 4.67. The van der Waals surface area contributed by atoms with Crippen molar-refractivity contribution < 1.29 is 8.83 Å². The summed E-state index contributed by atoms with van der Waals surface area (Å²) >= 11 is 0. The van der Waals surface area contributed by atoms with Crippen LogP contribution in [0.5, 0.6) is 0 Å². The van der Waals surface area contributed by atoms with Gasteiger partial charge in [0.1, 0.15) is 22.3 Å². The minimum Gasteiger partial charge on any atom is -0.455 e. The molecular formula is C45H27N3O2. The number of rotatable bonds is 5. The third-order valence-corrected chi connectivity index (χ3v) is 9.37. The van der Waals surface area contributed by atoms with Gasteiger partial charge < -0.3 is 8.83 Å². The summed E-state index contributed by atoms with van der Waals surface area (Å²) in [6, 6.07) is 55.7. The summed E-state index contributed by atoms with van der Waals surface area (Å²) in [5, 5.41) is 4.23. The van der Waals surface area contributed by atoms with E-state index in [0.29, 0.717) is 17.5 Å². The zero-order chi connectivity index (χ0) is 33.0. The Kier molecular flexibility index (Phi) is 6.42. The highest BCUT2D eigenvalue weighted by Gasteiger charge is 2.19. The molecule has 0 spiro atoms. The molecule has 0 saturated heterocycles. The Morgan fingerprint density at radius 3 is 1.52 bits per heavy atom. The molecule has 3 heterocycles. The van der Waals surface area contributed by atoms with Crippen LogP contribution in [-0.2, 0) is 0 Å². The van der Waals surface area contributed by atoms with Crippen molar-refractivity contribution in [3.8, 4) is 56.4 Å². The maximum Gasteiger partial charge on any atom is 0.167 e. The summed E-state index contributed by atoms with van der Waals surface area (Å²) in [4.78, 5) is 15.0. The highest BCUT2D eigenvalue weighted by atomic mass is 16.3. The normalized spacial score (nSPS) is 11.6. The van der Waals surface area contributed by atoms with Crippen molar-refractivity contribution in [1.29, 1.82) is 0 Å². The van der Waals surface area contributed by atoms with E-state index in [4.69, 9.17) is 23.8 Å². The highest BCUT2D eigenvalue weighted by molar-refractivity contribution is 6.12. The number of benzene rings is 7. The van der Waals surface area contributed by atoms with Crippen molar-refractivity contribution >= 4 is 43.9 Å². The van der Waals surface area contributed by atoms with Crippen molar-refractivity contribution in [2.24, 2.45) is 0 Å². The molecule has 0 saturated carbocycles. The second-order valence-corrected chi connectivity index (χ2v) is 12.4. The number of furan rings is 2. The van der Waals surface area contributed by atoms with Crippen LogP contribution in [0.4, 0.5) is 0 Å². The molecule has 10 rings (SSSR count). The predicted octanol–water partition coefficient (Wildman–Crippen LogP) is 12.0. The summed E-state index contributed by atoms with van der Waals surface area (Å²) in [6.07, 6.45) is 0. The molecule has 0 fully saturated rings. The van der Waals surface area contributed by atoms with Gasteiger partial charge in [0.25, 0.3) is 0 Å². The fraction of sp³-hybridized carbons (Fsp3) is 0. The summed E-state index contributed by atoms with van der Waals surface area (Å²) in [5.74, 6) is 1.76. The van der Waals surface area contributed by atoms with E-state index in [1.54, 1.807) is 0 Å². The van der Waals surface area contributed by atoms with Gasteiger partial charge in [-0.25, -0.2) is 15.0 Å². The summed E-state index contributed by atoms with van der Waals surface area (Å²) in [7, 11) is 0. The average Bonchev–Trinajstić information content (AvgIpc) is 3.77. The molecule has 0 atom stereocenters. The van der Waals surface area contributed by atoms with E-state index < -0.39 is 0 Å². The zero-order valence-electron chi connectivity index (χ0n) is 26.7. The summed E-state index contributed by atoms with van der Waals surface area (Å²) in [6.45, 7) is 0. The Labute approximate surface area is 287 Å². The predicted molar refractivity (Wildman–Crippen MR) is 202 cm³/mol. The van der Waals surface area contributed by atoms with Crippen molar-refractivity contribution in [3.63, 3.8) is 0 Å².